The number of nitrogens with zero attached hydrogens (tertiary/aromatic N) is 2. The first-order valence-corrected chi connectivity index (χ1v) is 4.25. The molecule has 0 aliphatic heterocycles. The van der Waals surface area contributed by atoms with Gasteiger partial charge in [0.2, 0.25) is 0 Å². The van der Waals surface area contributed by atoms with Gasteiger partial charge in [-0.15, -0.1) is 0 Å². The van der Waals surface area contributed by atoms with Gasteiger partial charge in [0.25, 0.3) is 0 Å². The van der Waals surface area contributed by atoms with E-state index in [-0.39, 0.29) is 6.42 Å². The first kappa shape index (κ1) is 10.2. The van der Waals surface area contributed by atoms with Crippen LogP contribution in [0.15, 0.2) is 0 Å². The predicted octanol–water partition coefficient (Wildman–Crippen LogP) is 0.484. The van der Waals surface area contributed by atoms with Gasteiger partial charge in [-0.3, -0.25) is 4.68 Å². The summed E-state index contributed by atoms with van der Waals surface area (Å²) in [5.74, 6) is 0. The van der Waals surface area contributed by atoms with Crippen LogP contribution >= 0.6 is 11.6 Å². The second kappa shape index (κ2) is 3.89. The van der Waals surface area contributed by atoms with E-state index >= 15 is 0 Å². The molecule has 1 aromatic rings. The molecule has 0 amide bonds. The molecule has 5 heteroatoms. The van der Waals surface area contributed by atoms with Crippen LogP contribution in [0.25, 0.3) is 0 Å². The van der Waals surface area contributed by atoms with E-state index in [2.05, 4.69) is 5.10 Å². The lowest BCUT2D eigenvalue weighted by Gasteiger charge is -2.01. The van der Waals surface area contributed by atoms with Crippen LogP contribution in [0.1, 0.15) is 11.3 Å². The van der Waals surface area contributed by atoms with Gasteiger partial charge in [0.05, 0.1) is 5.69 Å². The quantitative estimate of drug-likeness (QED) is 0.726. The maximum absolute atomic E-state index is 10.2. The van der Waals surface area contributed by atoms with Gasteiger partial charge in [0.15, 0.2) is 0 Å². The van der Waals surface area contributed by atoms with Crippen molar-refractivity contribution in [1.82, 2.24) is 9.78 Å². The SMILES string of the molecule is Cc1nn(C)c(Cl)c1CC(O)C=O. The number of halogens is 1. The Labute approximate surface area is 81.1 Å². The largest absolute Gasteiger partial charge is 0.385 e. The number of hydrogen-bond acceptors (Lipinski definition) is 3. The van der Waals surface area contributed by atoms with Crippen molar-refractivity contribution in [3.8, 4) is 0 Å². The summed E-state index contributed by atoms with van der Waals surface area (Å²) in [5.41, 5.74) is 1.47. The molecule has 1 heterocycles. The molecule has 4 nitrogen and oxygen atoms in total. The molecule has 1 atom stereocenters. The number of aldehydes is 1. The third-order valence-corrected chi connectivity index (χ3v) is 2.31. The molecule has 0 aromatic carbocycles. The minimum atomic E-state index is -1.000. The summed E-state index contributed by atoms with van der Waals surface area (Å²) in [4.78, 5) is 10.2. The Morgan fingerprint density at radius 3 is 2.77 bits per heavy atom. The molecule has 13 heavy (non-hydrogen) atoms. The number of carbonyl (C=O) groups excluding carboxylic acids is 1. The van der Waals surface area contributed by atoms with Crippen LogP contribution < -0.4 is 0 Å². The van der Waals surface area contributed by atoms with Gasteiger partial charge in [0, 0.05) is 19.0 Å². The number of aliphatic hydroxyl groups excluding tert-OH is 1. The van der Waals surface area contributed by atoms with Gasteiger partial charge >= 0.3 is 0 Å². The molecular formula is C8H11ClN2O2. The highest BCUT2D eigenvalue weighted by atomic mass is 35.5. The summed E-state index contributed by atoms with van der Waals surface area (Å²) in [6, 6.07) is 0. The van der Waals surface area contributed by atoms with E-state index in [0.717, 1.165) is 11.3 Å². The summed E-state index contributed by atoms with van der Waals surface area (Å²) in [7, 11) is 1.71. The minimum Gasteiger partial charge on any atom is -0.385 e. The molecule has 0 spiro atoms. The first-order chi connectivity index (χ1) is 6.06. The Hall–Kier alpha value is -0.870. The molecule has 0 fully saturated rings. The van der Waals surface area contributed by atoms with Crippen LogP contribution in [-0.2, 0) is 18.3 Å². The van der Waals surface area contributed by atoms with Crippen molar-refractivity contribution >= 4 is 17.9 Å². The third kappa shape index (κ3) is 2.08. The molecule has 1 rings (SSSR count). The van der Waals surface area contributed by atoms with Crippen LogP contribution in [0.3, 0.4) is 0 Å². The Kier molecular flexibility index (Phi) is 3.06. The van der Waals surface area contributed by atoms with Crippen LogP contribution in [0.2, 0.25) is 5.15 Å². The highest BCUT2D eigenvalue weighted by Crippen LogP contribution is 2.19. The summed E-state index contributed by atoms with van der Waals surface area (Å²) in [6.45, 7) is 1.79. The molecule has 1 aromatic heterocycles. The second-order valence-electron chi connectivity index (χ2n) is 2.89. The van der Waals surface area contributed by atoms with Crippen LogP contribution in [-0.4, -0.2) is 27.3 Å². The summed E-state index contributed by atoms with van der Waals surface area (Å²) >= 11 is 5.89. The fourth-order valence-corrected chi connectivity index (χ4v) is 1.41. The smallest absolute Gasteiger partial charge is 0.148 e. The molecule has 72 valence electrons. The van der Waals surface area contributed by atoms with Crippen LogP contribution in [0.5, 0.6) is 0 Å². The predicted molar refractivity (Wildman–Crippen MR) is 48.7 cm³/mol. The van der Waals surface area contributed by atoms with E-state index in [1.165, 1.54) is 4.68 Å². The van der Waals surface area contributed by atoms with Gasteiger partial charge in [-0.05, 0) is 6.92 Å². The topological polar surface area (TPSA) is 55.1 Å². The fraction of sp³-hybridized carbons (Fsp3) is 0.500. The number of carbonyl (C=O) groups is 1. The average Bonchev–Trinajstić information content (AvgIpc) is 2.32. The zero-order valence-corrected chi connectivity index (χ0v) is 8.25. The highest BCUT2D eigenvalue weighted by Gasteiger charge is 2.14. The van der Waals surface area contributed by atoms with E-state index in [1.54, 1.807) is 14.0 Å². The Balaban J connectivity index is 2.93. The lowest BCUT2D eigenvalue weighted by Crippen LogP contribution is -2.12. The molecule has 0 saturated carbocycles. The van der Waals surface area contributed by atoms with E-state index in [0.29, 0.717) is 11.4 Å². The van der Waals surface area contributed by atoms with Crippen molar-refractivity contribution in [2.75, 3.05) is 0 Å². The lowest BCUT2D eigenvalue weighted by molar-refractivity contribution is -0.114. The number of aryl methyl sites for hydroxylation is 2. The summed E-state index contributed by atoms with van der Waals surface area (Å²) in [6.07, 6.45) is -0.287. The first-order valence-electron chi connectivity index (χ1n) is 3.87. The standard InChI is InChI=1S/C8H11ClN2O2/c1-5-7(3-6(13)4-12)8(9)11(2)10-5/h4,6,13H,3H2,1-2H3. The van der Waals surface area contributed by atoms with Crippen molar-refractivity contribution in [2.24, 2.45) is 7.05 Å². The highest BCUT2D eigenvalue weighted by molar-refractivity contribution is 6.30. The molecule has 1 N–H and O–H groups in total. The lowest BCUT2D eigenvalue weighted by atomic mass is 10.1. The Bertz CT molecular complexity index is 322. The zero-order chi connectivity index (χ0) is 10.0. The van der Waals surface area contributed by atoms with Crippen molar-refractivity contribution in [3.05, 3.63) is 16.4 Å². The van der Waals surface area contributed by atoms with Crippen molar-refractivity contribution in [2.45, 2.75) is 19.4 Å². The number of rotatable bonds is 3. The Morgan fingerprint density at radius 1 is 1.77 bits per heavy atom. The van der Waals surface area contributed by atoms with E-state index in [9.17, 15) is 4.79 Å². The summed E-state index contributed by atoms with van der Waals surface area (Å²) in [5, 5.41) is 13.6. The number of hydrogen-bond donors (Lipinski definition) is 1. The third-order valence-electron chi connectivity index (χ3n) is 1.84. The molecule has 0 bridgehead atoms. The molecule has 1 unspecified atom stereocenters. The molecule has 0 aliphatic carbocycles. The fourth-order valence-electron chi connectivity index (χ4n) is 1.16. The molecule has 0 saturated heterocycles. The van der Waals surface area contributed by atoms with Gasteiger partial charge in [-0.1, -0.05) is 11.6 Å². The minimum absolute atomic E-state index is 0.224. The maximum atomic E-state index is 10.2. The average molecular weight is 203 g/mol. The van der Waals surface area contributed by atoms with Crippen molar-refractivity contribution < 1.29 is 9.90 Å². The van der Waals surface area contributed by atoms with E-state index < -0.39 is 6.10 Å². The van der Waals surface area contributed by atoms with Gasteiger partial charge < -0.3 is 9.90 Å². The van der Waals surface area contributed by atoms with Crippen molar-refractivity contribution in [1.29, 1.82) is 0 Å². The molecule has 0 radical (unpaired) electrons. The second-order valence-corrected chi connectivity index (χ2v) is 3.24. The normalized spacial score (nSPS) is 12.9. The number of aliphatic hydroxyl groups is 1. The zero-order valence-electron chi connectivity index (χ0n) is 7.49. The molecular weight excluding hydrogens is 192 g/mol. The maximum Gasteiger partial charge on any atom is 0.148 e. The number of aromatic nitrogens is 2. The Morgan fingerprint density at radius 2 is 2.38 bits per heavy atom. The van der Waals surface area contributed by atoms with Gasteiger partial charge in [-0.25, -0.2) is 0 Å². The van der Waals surface area contributed by atoms with Crippen LogP contribution in [0, 0.1) is 6.92 Å². The van der Waals surface area contributed by atoms with Crippen LogP contribution in [0.4, 0.5) is 0 Å². The van der Waals surface area contributed by atoms with Gasteiger partial charge in [-0.2, -0.15) is 5.10 Å². The van der Waals surface area contributed by atoms with E-state index in [4.69, 9.17) is 16.7 Å². The monoisotopic (exact) mass is 202 g/mol. The summed E-state index contributed by atoms with van der Waals surface area (Å²) < 4.78 is 1.52. The molecule has 0 aliphatic rings. The van der Waals surface area contributed by atoms with Gasteiger partial charge in [0.1, 0.15) is 17.5 Å². The van der Waals surface area contributed by atoms with Crippen molar-refractivity contribution in [3.63, 3.8) is 0 Å². The van der Waals surface area contributed by atoms with E-state index in [1.807, 2.05) is 0 Å².